The monoisotopic (exact) mass is 296 g/mol. The number of hydrogen-bond acceptors (Lipinski definition) is 4. The third-order valence-electron chi connectivity index (χ3n) is 3.69. The smallest absolute Gasteiger partial charge is 0.334 e. The molecule has 2 aliphatic heterocycles. The van der Waals surface area contributed by atoms with Crippen LogP contribution in [0.15, 0.2) is 11.4 Å². The molecule has 20 heavy (non-hydrogen) atoms. The summed E-state index contributed by atoms with van der Waals surface area (Å²) in [5, 5.41) is 11.0. The van der Waals surface area contributed by atoms with Gasteiger partial charge in [-0.15, -0.1) is 11.3 Å². The number of carboxylic acid groups (broad SMARTS) is 1. The van der Waals surface area contributed by atoms with E-state index in [1.165, 1.54) is 10.4 Å². The number of ether oxygens (including phenoxy) is 1. The molecule has 0 bridgehead atoms. The Bertz CT molecular complexity index is 530. The highest BCUT2D eigenvalue weighted by molar-refractivity contribution is 7.10. The maximum atomic E-state index is 12.5. The predicted molar refractivity (Wildman–Crippen MR) is 72.8 cm³/mol. The molecule has 0 aliphatic carbocycles. The van der Waals surface area contributed by atoms with Crippen molar-refractivity contribution in [1.82, 2.24) is 9.80 Å². The van der Waals surface area contributed by atoms with Gasteiger partial charge in [-0.3, -0.25) is 0 Å². The molecule has 7 heteroatoms. The first kappa shape index (κ1) is 13.4. The topological polar surface area (TPSA) is 70.1 Å². The van der Waals surface area contributed by atoms with Crippen molar-refractivity contribution in [3.05, 3.63) is 21.9 Å². The van der Waals surface area contributed by atoms with Gasteiger partial charge in [0.2, 0.25) is 0 Å². The Hall–Kier alpha value is -1.60. The van der Waals surface area contributed by atoms with E-state index < -0.39 is 12.1 Å². The van der Waals surface area contributed by atoms with Crippen LogP contribution < -0.4 is 0 Å². The van der Waals surface area contributed by atoms with E-state index in [-0.39, 0.29) is 19.2 Å². The normalized spacial score (nSPS) is 22.5. The molecule has 6 nitrogen and oxygen atoms in total. The van der Waals surface area contributed by atoms with Crippen LogP contribution in [0.2, 0.25) is 0 Å². The van der Waals surface area contributed by atoms with E-state index >= 15 is 0 Å². The van der Waals surface area contributed by atoms with Crippen molar-refractivity contribution in [2.45, 2.75) is 19.1 Å². The number of hydrogen-bond donors (Lipinski definition) is 1. The third kappa shape index (κ3) is 2.51. The Morgan fingerprint density at radius 1 is 1.35 bits per heavy atom. The number of thiophene rings is 1. The molecule has 1 N–H and O–H groups in total. The lowest BCUT2D eigenvalue weighted by molar-refractivity contribution is -0.154. The number of morpholine rings is 1. The first-order valence-corrected chi connectivity index (χ1v) is 7.46. The molecule has 3 heterocycles. The number of fused-ring (bicyclic) bond motifs is 1. The van der Waals surface area contributed by atoms with Crippen LogP contribution in [0.1, 0.15) is 10.4 Å². The highest BCUT2D eigenvalue weighted by atomic mass is 32.1. The van der Waals surface area contributed by atoms with Gasteiger partial charge in [-0.2, -0.15) is 0 Å². The second-order valence-corrected chi connectivity index (χ2v) is 5.97. The van der Waals surface area contributed by atoms with Crippen LogP contribution in [-0.2, 0) is 22.5 Å². The molecule has 1 unspecified atom stereocenters. The second kappa shape index (κ2) is 5.41. The van der Waals surface area contributed by atoms with Gasteiger partial charge < -0.3 is 19.6 Å². The summed E-state index contributed by atoms with van der Waals surface area (Å²) < 4.78 is 5.14. The molecule has 3 rings (SSSR count). The number of nitrogens with zero attached hydrogens (tertiary/aromatic N) is 2. The molecule has 0 aromatic carbocycles. The molecule has 2 amide bonds. The first-order valence-electron chi connectivity index (χ1n) is 6.58. The molecule has 0 radical (unpaired) electrons. The highest BCUT2D eigenvalue weighted by Gasteiger charge is 2.32. The summed E-state index contributed by atoms with van der Waals surface area (Å²) >= 11 is 1.73. The summed E-state index contributed by atoms with van der Waals surface area (Å²) in [6.07, 6.45) is -0.0278. The summed E-state index contributed by atoms with van der Waals surface area (Å²) in [4.78, 5) is 28.1. The lowest BCUT2D eigenvalue weighted by Gasteiger charge is -2.36. The van der Waals surface area contributed by atoms with E-state index in [4.69, 9.17) is 9.84 Å². The van der Waals surface area contributed by atoms with Crippen molar-refractivity contribution in [2.75, 3.05) is 26.2 Å². The van der Waals surface area contributed by atoms with Crippen LogP contribution in [0.3, 0.4) is 0 Å². The molecule has 0 spiro atoms. The maximum absolute atomic E-state index is 12.5. The van der Waals surface area contributed by atoms with Gasteiger partial charge in [0.1, 0.15) is 0 Å². The molecular weight excluding hydrogens is 280 g/mol. The van der Waals surface area contributed by atoms with Gasteiger partial charge in [-0.1, -0.05) is 0 Å². The molecule has 1 atom stereocenters. The average molecular weight is 296 g/mol. The van der Waals surface area contributed by atoms with Crippen LogP contribution in [-0.4, -0.2) is 59.3 Å². The first-order chi connectivity index (χ1) is 9.65. The molecule has 1 aromatic heterocycles. The van der Waals surface area contributed by atoms with Gasteiger partial charge in [0.25, 0.3) is 0 Å². The van der Waals surface area contributed by atoms with Crippen LogP contribution in [0.4, 0.5) is 4.79 Å². The van der Waals surface area contributed by atoms with E-state index in [0.29, 0.717) is 19.6 Å². The lowest BCUT2D eigenvalue weighted by atomic mass is 10.1. The fourth-order valence-corrected chi connectivity index (χ4v) is 3.47. The van der Waals surface area contributed by atoms with Crippen molar-refractivity contribution in [3.63, 3.8) is 0 Å². The molecule has 1 aromatic rings. The van der Waals surface area contributed by atoms with Crippen molar-refractivity contribution in [3.8, 4) is 0 Å². The maximum Gasteiger partial charge on any atom is 0.334 e. The average Bonchev–Trinajstić information content (AvgIpc) is 2.94. The largest absolute Gasteiger partial charge is 0.479 e. The van der Waals surface area contributed by atoms with Crippen molar-refractivity contribution in [1.29, 1.82) is 0 Å². The van der Waals surface area contributed by atoms with Crippen LogP contribution in [0, 0.1) is 0 Å². The summed E-state index contributed by atoms with van der Waals surface area (Å²) in [6.45, 7) is 2.17. The lowest BCUT2D eigenvalue weighted by Crippen LogP contribution is -2.53. The molecule has 1 saturated heterocycles. The molecular formula is C13H16N2O4S. The van der Waals surface area contributed by atoms with Crippen LogP contribution in [0.5, 0.6) is 0 Å². The number of carbonyl (C=O) groups is 2. The van der Waals surface area contributed by atoms with E-state index in [2.05, 4.69) is 6.07 Å². The summed E-state index contributed by atoms with van der Waals surface area (Å²) in [5.41, 5.74) is 1.21. The Balaban J connectivity index is 1.66. The minimum absolute atomic E-state index is 0.0867. The Labute approximate surface area is 120 Å². The zero-order chi connectivity index (χ0) is 14.1. The van der Waals surface area contributed by atoms with Gasteiger partial charge in [-0.25, -0.2) is 9.59 Å². The van der Waals surface area contributed by atoms with E-state index in [1.807, 2.05) is 5.38 Å². The van der Waals surface area contributed by atoms with Crippen molar-refractivity contribution >= 4 is 23.3 Å². The molecule has 108 valence electrons. The van der Waals surface area contributed by atoms with Gasteiger partial charge in [0.15, 0.2) is 6.10 Å². The number of urea groups is 1. The van der Waals surface area contributed by atoms with Crippen LogP contribution >= 0.6 is 11.3 Å². The number of amides is 2. The number of rotatable bonds is 1. The number of aliphatic carboxylic acids is 1. The molecule has 1 fully saturated rings. The second-order valence-electron chi connectivity index (χ2n) is 4.97. The van der Waals surface area contributed by atoms with Crippen molar-refractivity contribution < 1.29 is 19.4 Å². The highest BCUT2D eigenvalue weighted by Crippen LogP contribution is 2.25. The fraction of sp³-hybridized carbons (Fsp3) is 0.538. The van der Waals surface area contributed by atoms with Gasteiger partial charge in [-0.05, 0) is 23.4 Å². The minimum atomic E-state index is -1.01. The third-order valence-corrected chi connectivity index (χ3v) is 4.71. The fourth-order valence-electron chi connectivity index (χ4n) is 2.58. The zero-order valence-electron chi connectivity index (χ0n) is 10.9. The van der Waals surface area contributed by atoms with E-state index in [1.54, 1.807) is 21.1 Å². The Kier molecular flexibility index (Phi) is 3.62. The molecule has 2 aliphatic rings. The van der Waals surface area contributed by atoms with E-state index in [9.17, 15) is 9.59 Å². The van der Waals surface area contributed by atoms with E-state index in [0.717, 1.165) is 6.42 Å². The summed E-state index contributed by atoms with van der Waals surface area (Å²) in [6, 6.07) is 1.97. The quantitative estimate of drug-likeness (QED) is 0.840. The summed E-state index contributed by atoms with van der Waals surface area (Å²) in [7, 11) is 0. The van der Waals surface area contributed by atoms with Gasteiger partial charge in [0.05, 0.1) is 13.2 Å². The minimum Gasteiger partial charge on any atom is -0.479 e. The summed E-state index contributed by atoms with van der Waals surface area (Å²) in [5.74, 6) is -1.01. The molecule has 0 saturated carbocycles. The predicted octanol–water partition coefficient (Wildman–Crippen LogP) is 1.01. The number of carboxylic acids is 1. The zero-order valence-corrected chi connectivity index (χ0v) is 11.8. The van der Waals surface area contributed by atoms with Crippen LogP contribution in [0.25, 0.3) is 0 Å². The van der Waals surface area contributed by atoms with Gasteiger partial charge >= 0.3 is 12.0 Å². The van der Waals surface area contributed by atoms with Crippen molar-refractivity contribution in [2.24, 2.45) is 0 Å². The number of carbonyl (C=O) groups excluding carboxylic acids is 1. The SMILES string of the molecule is O=C(O)C1CN(C(=O)N2CCc3sccc3C2)CCO1. The Morgan fingerprint density at radius 2 is 2.20 bits per heavy atom. The van der Waals surface area contributed by atoms with Gasteiger partial charge in [0, 0.05) is 24.5 Å². The standard InChI is InChI=1S/C13H16N2O4S/c16-12(17)10-8-15(4-5-19-10)13(18)14-3-1-11-9(7-14)2-6-20-11/h2,6,10H,1,3-5,7-8H2,(H,16,17). The Morgan fingerprint density at radius 3 is 3.00 bits per heavy atom.